The molecule has 1 N–H and O–H groups in total. The highest BCUT2D eigenvalue weighted by atomic mass is 19.4. The molecule has 1 aromatic heterocycles. The number of halogens is 6. The average molecular weight is 564 g/mol. The van der Waals surface area contributed by atoms with Crippen molar-refractivity contribution in [1.82, 2.24) is 25.0 Å². The van der Waals surface area contributed by atoms with Gasteiger partial charge >= 0.3 is 6.18 Å². The number of carbonyl (C=O) groups is 2. The zero-order chi connectivity index (χ0) is 28.7. The number of nitrogens with one attached hydrogen (secondary N) is 1. The fourth-order valence-corrected chi connectivity index (χ4v) is 4.14. The number of alkyl halides is 3. The van der Waals surface area contributed by atoms with Crippen LogP contribution in [0, 0.1) is 23.4 Å². The first-order valence-corrected chi connectivity index (χ1v) is 12.6. The second-order valence-corrected chi connectivity index (χ2v) is 9.83. The lowest BCUT2D eigenvalue weighted by Crippen LogP contribution is -2.44. The number of nitrogens with zero attached hydrogens (tertiary/aromatic N) is 4. The summed E-state index contributed by atoms with van der Waals surface area (Å²) in [7, 11) is 0. The van der Waals surface area contributed by atoms with Crippen molar-refractivity contribution < 1.29 is 40.7 Å². The Labute approximate surface area is 221 Å². The van der Waals surface area contributed by atoms with E-state index in [2.05, 4.69) is 29.4 Å². The van der Waals surface area contributed by atoms with Crippen molar-refractivity contribution in [3.63, 3.8) is 0 Å². The molecule has 0 saturated heterocycles. The van der Waals surface area contributed by atoms with Gasteiger partial charge in [-0.3, -0.25) is 9.59 Å². The molecule has 1 unspecified atom stereocenters. The summed E-state index contributed by atoms with van der Waals surface area (Å²) in [5, 5.41) is 9.35. The number of hydrogen-bond donors (Lipinski definition) is 1. The number of fused-ring (bicyclic) bond motifs is 1. The topological polar surface area (TPSA) is 89.4 Å². The summed E-state index contributed by atoms with van der Waals surface area (Å²) in [4.78, 5) is 26.9. The van der Waals surface area contributed by atoms with Gasteiger partial charge in [0.1, 0.15) is 5.82 Å². The van der Waals surface area contributed by atoms with Gasteiger partial charge in [0.2, 0.25) is 17.6 Å². The summed E-state index contributed by atoms with van der Waals surface area (Å²) >= 11 is 0. The predicted molar refractivity (Wildman–Crippen MR) is 127 cm³/mol. The molecule has 0 radical (unpaired) electrons. The molecule has 1 atom stereocenters. The zero-order valence-electron chi connectivity index (χ0n) is 21.7. The van der Waals surface area contributed by atoms with Gasteiger partial charge in [-0.25, -0.2) is 13.2 Å². The highest BCUT2D eigenvalue weighted by molar-refractivity contribution is 5.80. The van der Waals surface area contributed by atoms with Crippen LogP contribution in [0.25, 0.3) is 0 Å². The molecule has 2 amide bonds. The highest BCUT2D eigenvalue weighted by Gasteiger charge is 2.40. The first kappa shape index (κ1) is 30.4. The van der Waals surface area contributed by atoms with E-state index >= 15 is 0 Å². The number of amides is 2. The lowest BCUT2D eigenvalue weighted by atomic mass is 10.0. The molecule has 2 aromatic rings. The molecule has 216 valence electrons. The zero-order valence-corrected chi connectivity index (χ0v) is 21.7. The Bertz CT molecular complexity index is 1150. The van der Waals surface area contributed by atoms with Crippen LogP contribution in [0.2, 0.25) is 0 Å². The molecule has 39 heavy (non-hydrogen) atoms. The second kappa shape index (κ2) is 13.3. The van der Waals surface area contributed by atoms with Crippen LogP contribution in [0.3, 0.4) is 0 Å². The third-order valence-corrected chi connectivity index (χ3v) is 6.23. The number of hydrogen-bond acceptors (Lipinski definition) is 5. The number of carbonyl (C=O) groups excluding carboxylic acids is 2. The van der Waals surface area contributed by atoms with Crippen molar-refractivity contribution in [3.8, 4) is 0 Å². The van der Waals surface area contributed by atoms with E-state index < -0.39 is 47.3 Å². The number of rotatable bonds is 12. The molecule has 8 nitrogen and oxygen atoms in total. The monoisotopic (exact) mass is 563 g/mol. The molecule has 3 rings (SSSR count). The van der Waals surface area contributed by atoms with Crippen molar-refractivity contribution in [2.24, 2.45) is 5.92 Å². The molecule has 0 spiro atoms. The molecule has 0 aliphatic carbocycles. The lowest BCUT2D eigenvalue weighted by Gasteiger charge is -2.29. The largest absolute Gasteiger partial charge is 0.451 e. The van der Waals surface area contributed by atoms with E-state index in [0.29, 0.717) is 37.7 Å². The molecule has 0 fully saturated rings. The SMILES string of the molecule is CC(C)CCOCCCC(=O)NC(CC(=O)N1CCn2c(nnc2C(F)(F)F)C1)Cc1cc(F)c(F)cc1F. The van der Waals surface area contributed by atoms with E-state index in [1.807, 2.05) is 0 Å². The summed E-state index contributed by atoms with van der Waals surface area (Å²) in [5.41, 5.74) is -0.239. The summed E-state index contributed by atoms with van der Waals surface area (Å²) in [6.07, 6.45) is -4.03. The van der Waals surface area contributed by atoms with Crippen LogP contribution in [-0.4, -0.2) is 57.3 Å². The molecule has 0 bridgehead atoms. The van der Waals surface area contributed by atoms with E-state index in [0.717, 1.165) is 11.0 Å². The summed E-state index contributed by atoms with van der Waals surface area (Å²) in [6.45, 7) is 4.52. The summed E-state index contributed by atoms with van der Waals surface area (Å²) in [5.74, 6) is -5.41. The van der Waals surface area contributed by atoms with Gasteiger partial charge < -0.3 is 19.5 Å². The number of aromatic nitrogens is 3. The number of benzene rings is 1. The molecule has 1 aliphatic heterocycles. The van der Waals surface area contributed by atoms with E-state index in [9.17, 15) is 35.9 Å². The second-order valence-electron chi connectivity index (χ2n) is 9.83. The van der Waals surface area contributed by atoms with Crippen LogP contribution in [-0.2, 0) is 40.0 Å². The maximum absolute atomic E-state index is 14.3. The molecule has 2 heterocycles. The van der Waals surface area contributed by atoms with Gasteiger partial charge in [-0.15, -0.1) is 10.2 Å². The van der Waals surface area contributed by atoms with E-state index in [1.54, 1.807) is 0 Å². The maximum Gasteiger partial charge on any atom is 0.451 e. The molecule has 1 aliphatic rings. The Morgan fingerprint density at radius 1 is 1.05 bits per heavy atom. The van der Waals surface area contributed by atoms with Crippen molar-refractivity contribution >= 4 is 11.8 Å². The molecule has 14 heteroatoms. The Morgan fingerprint density at radius 3 is 2.46 bits per heavy atom. The fourth-order valence-electron chi connectivity index (χ4n) is 4.14. The smallest absolute Gasteiger partial charge is 0.381 e. The van der Waals surface area contributed by atoms with E-state index in [-0.39, 0.29) is 50.3 Å². The summed E-state index contributed by atoms with van der Waals surface area (Å²) in [6, 6.07) is 0.0609. The fraction of sp³-hybridized carbons (Fsp3) is 0.600. The maximum atomic E-state index is 14.3. The first-order chi connectivity index (χ1) is 18.3. The third kappa shape index (κ3) is 8.67. The first-order valence-electron chi connectivity index (χ1n) is 12.6. The standard InChI is InChI=1S/C25H31F6N5O3/c1-15(2)5-9-39-8-3-4-22(37)32-17(10-16-11-19(27)20(28)13-18(16)26)12-23(38)35-6-7-36-21(14-35)33-34-24(36)25(29,30)31/h11,13,15,17H,3-10,12,14H2,1-2H3,(H,32,37). The van der Waals surface area contributed by atoms with Crippen LogP contribution in [0.4, 0.5) is 26.3 Å². The van der Waals surface area contributed by atoms with Crippen LogP contribution in [0.15, 0.2) is 12.1 Å². The van der Waals surface area contributed by atoms with Gasteiger partial charge in [-0.05, 0) is 36.8 Å². The Balaban J connectivity index is 1.65. The van der Waals surface area contributed by atoms with Gasteiger partial charge in [-0.2, -0.15) is 13.2 Å². The van der Waals surface area contributed by atoms with Crippen molar-refractivity contribution in [1.29, 1.82) is 0 Å². The van der Waals surface area contributed by atoms with Gasteiger partial charge in [-0.1, -0.05) is 13.8 Å². The molecule has 1 aromatic carbocycles. The average Bonchev–Trinajstić information content (AvgIpc) is 3.28. The van der Waals surface area contributed by atoms with Gasteiger partial charge in [0.25, 0.3) is 0 Å². The van der Waals surface area contributed by atoms with Gasteiger partial charge in [0.05, 0.1) is 6.54 Å². The third-order valence-electron chi connectivity index (χ3n) is 6.23. The minimum Gasteiger partial charge on any atom is -0.381 e. The van der Waals surface area contributed by atoms with E-state index in [1.165, 1.54) is 4.90 Å². The minimum absolute atomic E-state index is 0.0494. The van der Waals surface area contributed by atoms with Crippen LogP contribution in [0.1, 0.15) is 56.7 Å². The minimum atomic E-state index is -4.69. The van der Waals surface area contributed by atoms with Crippen molar-refractivity contribution in [3.05, 3.63) is 46.8 Å². The quantitative estimate of drug-likeness (QED) is 0.240. The Morgan fingerprint density at radius 2 is 1.77 bits per heavy atom. The predicted octanol–water partition coefficient (Wildman–Crippen LogP) is 4.02. The lowest BCUT2D eigenvalue weighted by molar-refractivity contribution is -0.148. The summed E-state index contributed by atoms with van der Waals surface area (Å²) < 4.78 is 87.1. The molecule has 0 saturated carbocycles. The van der Waals surface area contributed by atoms with Gasteiger partial charge in [0, 0.05) is 51.3 Å². The highest BCUT2D eigenvalue weighted by Crippen LogP contribution is 2.29. The van der Waals surface area contributed by atoms with Crippen molar-refractivity contribution in [2.45, 2.75) is 71.3 Å². The number of ether oxygens (including phenoxy) is 1. The van der Waals surface area contributed by atoms with Crippen molar-refractivity contribution in [2.75, 3.05) is 19.8 Å². The van der Waals surface area contributed by atoms with Crippen LogP contribution in [0.5, 0.6) is 0 Å². The molecular formula is C25H31F6N5O3. The van der Waals surface area contributed by atoms with Gasteiger partial charge in [0.15, 0.2) is 17.5 Å². The normalized spacial score (nSPS) is 14.4. The molecular weight excluding hydrogens is 532 g/mol. The Kier molecular flexibility index (Phi) is 10.3. The van der Waals surface area contributed by atoms with E-state index in [4.69, 9.17) is 4.74 Å². The van der Waals surface area contributed by atoms with Crippen LogP contribution < -0.4 is 5.32 Å². The van der Waals surface area contributed by atoms with Crippen LogP contribution >= 0.6 is 0 Å². The Hall–Kier alpha value is -3.16.